The fourth-order valence-corrected chi connectivity index (χ4v) is 4.29. The van der Waals surface area contributed by atoms with E-state index in [9.17, 15) is 31.4 Å². The summed E-state index contributed by atoms with van der Waals surface area (Å²) in [5.41, 5.74) is -1.61. The molecule has 0 saturated carbocycles. The number of pyridine rings is 2. The molecule has 4 rings (SSSR count). The molecule has 11 heteroatoms. The first kappa shape index (κ1) is 37.9. The molecule has 2 aromatic carbocycles. The van der Waals surface area contributed by atoms with Crippen LogP contribution < -0.4 is 10.6 Å². The number of rotatable bonds is 6. The molecular weight excluding hydrogens is 594 g/mol. The maximum Gasteiger partial charge on any atom is 0.433 e. The molecular formula is C34H44F6N4O. The van der Waals surface area contributed by atoms with Gasteiger partial charge in [0.25, 0.3) is 0 Å². The van der Waals surface area contributed by atoms with Gasteiger partial charge in [0.2, 0.25) is 0 Å². The molecule has 0 spiro atoms. The Morgan fingerprint density at radius 3 is 1.60 bits per heavy atom. The van der Waals surface area contributed by atoms with Crippen LogP contribution in [-0.2, 0) is 18.8 Å². The number of aliphatic hydroxyl groups is 1. The number of alkyl halides is 6. The summed E-state index contributed by atoms with van der Waals surface area (Å²) in [5, 5.41) is 18.9. The van der Waals surface area contributed by atoms with Crippen molar-refractivity contribution in [3.63, 3.8) is 0 Å². The van der Waals surface area contributed by atoms with Crippen molar-refractivity contribution in [3.8, 4) is 0 Å². The fraction of sp³-hybridized carbons (Fsp3) is 0.471. The van der Waals surface area contributed by atoms with Crippen LogP contribution >= 0.6 is 0 Å². The minimum absolute atomic E-state index is 0.0437. The molecule has 45 heavy (non-hydrogen) atoms. The molecule has 2 aromatic heterocycles. The van der Waals surface area contributed by atoms with E-state index in [1.54, 1.807) is 36.4 Å². The molecule has 2 heterocycles. The molecule has 0 radical (unpaired) electrons. The summed E-state index contributed by atoms with van der Waals surface area (Å²) in [4.78, 5) is 7.48. The summed E-state index contributed by atoms with van der Waals surface area (Å²) in [6.45, 7) is 16.5. The van der Waals surface area contributed by atoms with Crippen LogP contribution in [0.4, 0.5) is 26.3 Å². The quantitative estimate of drug-likeness (QED) is 0.184. The number of halogens is 6. The van der Waals surface area contributed by atoms with E-state index in [1.165, 1.54) is 0 Å². The van der Waals surface area contributed by atoms with Crippen molar-refractivity contribution in [2.45, 2.75) is 91.3 Å². The van der Waals surface area contributed by atoms with Crippen molar-refractivity contribution < 1.29 is 31.4 Å². The van der Waals surface area contributed by atoms with Crippen molar-refractivity contribution in [1.82, 2.24) is 20.6 Å². The van der Waals surface area contributed by atoms with E-state index in [-0.39, 0.29) is 23.3 Å². The molecule has 1 atom stereocenters. The number of aliphatic hydroxyl groups excluding tert-OH is 1. The standard InChI is InChI=1S/C16H19F3N2O.C16H19F3N2.C2H6/c1-15(2,3)20-9-12(22)14-11-7-5-4-6-10(11)8-13(21-14)16(17,18)19;1-15(2,3)20-9-8-13-12-7-5-4-6-11(12)10-14(21-13)16(17,18)19;1-2/h4-8,12,20,22H,9H2,1-3H3;4-7,10,20H,8-9H2,1-3H3;1-2H3. The van der Waals surface area contributed by atoms with Gasteiger partial charge in [-0.2, -0.15) is 26.3 Å². The van der Waals surface area contributed by atoms with Crippen molar-refractivity contribution in [2.24, 2.45) is 0 Å². The van der Waals surface area contributed by atoms with Crippen molar-refractivity contribution in [1.29, 1.82) is 0 Å². The Labute approximate surface area is 261 Å². The van der Waals surface area contributed by atoms with Crippen LogP contribution in [0.15, 0.2) is 60.7 Å². The van der Waals surface area contributed by atoms with Gasteiger partial charge in [0.1, 0.15) is 17.5 Å². The summed E-state index contributed by atoms with van der Waals surface area (Å²) >= 11 is 0. The third kappa shape index (κ3) is 11.9. The highest BCUT2D eigenvalue weighted by Gasteiger charge is 2.34. The Hall–Kier alpha value is -3.28. The summed E-state index contributed by atoms with van der Waals surface area (Å²) in [7, 11) is 0. The van der Waals surface area contributed by atoms with Crippen molar-refractivity contribution >= 4 is 21.5 Å². The van der Waals surface area contributed by atoms with Crippen LogP contribution in [0.1, 0.15) is 84.3 Å². The van der Waals surface area contributed by atoms with Gasteiger partial charge >= 0.3 is 12.4 Å². The SMILES string of the molecule is CC.CC(C)(C)NCC(O)c1nc(C(F)(F)F)cc2ccccc12.CC(C)(C)NCCc1nc(C(F)(F)F)cc2ccccc12. The largest absolute Gasteiger partial charge is 0.433 e. The van der Waals surface area contributed by atoms with Crippen LogP contribution in [-0.4, -0.2) is 39.2 Å². The predicted molar refractivity (Wildman–Crippen MR) is 169 cm³/mol. The lowest BCUT2D eigenvalue weighted by Gasteiger charge is -2.23. The van der Waals surface area contributed by atoms with Gasteiger partial charge in [-0.05, 0) is 64.4 Å². The van der Waals surface area contributed by atoms with Gasteiger partial charge in [-0.15, -0.1) is 0 Å². The minimum atomic E-state index is -4.55. The van der Waals surface area contributed by atoms with Gasteiger partial charge in [0.15, 0.2) is 0 Å². The van der Waals surface area contributed by atoms with Crippen LogP contribution in [0.2, 0.25) is 0 Å². The zero-order valence-corrected chi connectivity index (χ0v) is 27.1. The van der Waals surface area contributed by atoms with Crippen LogP contribution in [0, 0.1) is 0 Å². The van der Waals surface area contributed by atoms with Crippen molar-refractivity contribution in [3.05, 3.63) is 83.4 Å². The Morgan fingerprint density at radius 2 is 1.11 bits per heavy atom. The van der Waals surface area contributed by atoms with E-state index in [2.05, 4.69) is 20.6 Å². The Bertz CT molecular complexity index is 1520. The molecule has 0 aliphatic carbocycles. The van der Waals surface area contributed by atoms with Crippen LogP contribution in [0.25, 0.3) is 21.5 Å². The Kier molecular flexibility index (Phi) is 12.9. The van der Waals surface area contributed by atoms with Gasteiger partial charge < -0.3 is 15.7 Å². The lowest BCUT2D eigenvalue weighted by atomic mass is 10.0. The number of benzene rings is 2. The highest BCUT2D eigenvalue weighted by Crippen LogP contribution is 2.33. The number of hydrogen-bond acceptors (Lipinski definition) is 5. The third-order valence-electron chi connectivity index (χ3n) is 6.33. The van der Waals surface area contributed by atoms with E-state index >= 15 is 0 Å². The second kappa shape index (κ2) is 15.3. The van der Waals surface area contributed by atoms with Crippen molar-refractivity contribution in [2.75, 3.05) is 13.1 Å². The molecule has 0 aliphatic rings. The Balaban J connectivity index is 0.000000297. The first-order valence-electron chi connectivity index (χ1n) is 14.9. The Morgan fingerprint density at radius 1 is 0.667 bits per heavy atom. The fourth-order valence-electron chi connectivity index (χ4n) is 4.29. The number of fused-ring (bicyclic) bond motifs is 2. The maximum atomic E-state index is 13.0. The second-order valence-electron chi connectivity index (χ2n) is 12.4. The third-order valence-corrected chi connectivity index (χ3v) is 6.33. The van der Waals surface area contributed by atoms with E-state index in [0.717, 1.165) is 17.5 Å². The maximum absolute atomic E-state index is 13.0. The lowest BCUT2D eigenvalue weighted by molar-refractivity contribution is -0.142. The second-order valence-corrected chi connectivity index (χ2v) is 12.4. The summed E-state index contributed by atoms with van der Waals surface area (Å²) in [6, 6.07) is 15.8. The minimum Gasteiger partial charge on any atom is -0.385 e. The molecule has 0 fully saturated rings. The summed E-state index contributed by atoms with van der Waals surface area (Å²) < 4.78 is 77.7. The molecule has 0 bridgehead atoms. The lowest BCUT2D eigenvalue weighted by Crippen LogP contribution is -2.38. The smallest absolute Gasteiger partial charge is 0.385 e. The normalized spacial score (nSPS) is 13.1. The molecule has 248 valence electrons. The molecule has 4 aromatic rings. The van der Waals surface area contributed by atoms with Gasteiger partial charge in [0, 0.05) is 41.4 Å². The van der Waals surface area contributed by atoms with Gasteiger partial charge in [-0.3, -0.25) is 0 Å². The van der Waals surface area contributed by atoms with Gasteiger partial charge in [-0.25, -0.2) is 9.97 Å². The monoisotopic (exact) mass is 638 g/mol. The number of nitrogens with zero attached hydrogens (tertiary/aromatic N) is 2. The zero-order valence-electron chi connectivity index (χ0n) is 27.1. The number of aromatic nitrogens is 2. The highest BCUT2D eigenvalue weighted by atomic mass is 19.4. The molecule has 0 saturated heterocycles. The average Bonchev–Trinajstić information content (AvgIpc) is 2.94. The summed E-state index contributed by atoms with van der Waals surface area (Å²) in [6.07, 6.45) is -9.63. The molecule has 3 N–H and O–H groups in total. The van der Waals surface area contributed by atoms with E-state index < -0.39 is 29.8 Å². The molecule has 1 unspecified atom stereocenters. The molecule has 0 amide bonds. The zero-order chi connectivity index (χ0) is 34.2. The predicted octanol–water partition coefficient (Wildman–Crippen LogP) is 8.89. The number of β-amino-alcohol motifs (C(OH)–C–C–N with tert-alkyl or cyclic N) is 1. The van der Waals surface area contributed by atoms with Gasteiger partial charge in [-0.1, -0.05) is 62.4 Å². The molecule has 5 nitrogen and oxygen atoms in total. The van der Waals surface area contributed by atoms with Crippen LogP contribution in [0.5, 0.6) is 0 Å². The van der Waals surface area contributed by atoms with E-state index in [1.807, 2.05) is 67.5 Å². The van der Waals surface area contributed by atoms with Crippen LogP contribution in [0.3, 0.4) is 0 Å². The average molecular weight is 639 g/mol. The number of hydrogen-bond donors (Lipinski definition) is 3. The topological polar surface area (TPSA) is 70.1 Å². The summed E-state index contributed by atoms with van der Waals surface area (Å²) in [5.74, 6) is 0. The molecule has 0 aliphatic heterocycles. The number of nitrogens with one attached hydrogen (secondary N) is 2. The first-order chi connectivity index (χ1) is 20.7. The highest BCUT2D eigenvalue weighted by molar-refractivity contribution is 5.86. The van der Waals surface area contributed by atoms with E-state index in [0.29, 0.717) is 34.8 Å². The van der Waals surface area contributed by atoms with Gasteiger partial charge in [0.05, 0.1) is 11.4 Å². The first-order valence-corrected chi connectivity index (χ1v) is 14.9. The van der Waals surface area contributed by atoms with E-state index in [4.69, 9.17) is 0 Å².